The van der Waals surface area contributed by atoms with Gasteiger partial charge in [-0.25, -0.2) is 17.5 Å². The number of sulfonamides is 1. The van der Waals surface area contributed by atoms with Gasteiger partial charge in [0.1, 0.15) is 18.0 Å². The molecule has 0 unspecified atom stereocenters. The van der Waals surface area contributed by atoms with Crippen LogP contribution in [0.3, 0.4) is 0 Å². The Bertz CT molecular complexity index is 1390. The summed E-state index contributed by atoms with van der Waals surface area (Å²) in [4.78, 5) is 23.9. The van der Waals surface area contributed by atoms with Crippen molar-refractivity contribution in [2.75, 3.05) is 6.54 Å². The number of nitrogens with zero attached hydrogens (tertiary/aromatic N) is 1. The number of amides is 1. The van der Waals surface area contributed by atoms with Crippen LogP contribution in [0, 0.1) is 26.2 Å². The van der Waals surface area contributed by atoms with Crippen molar-refractivity contribution in [2.45, 2.75) is 83.4 Å². The Morgan fingerprint density at radius 1 is 1.18 bits per heavy atom. The van der Waals surface area contributed by atoms with Gasteiger partial charge in [0, 0.05) is 6.54 Å². The number of carbonyl (C=O) groups is 2. The van der Waals surface area contributed by atoms with E-state index in [0.29, 0.717) is 35.3 Å². The highest BCUT2D eigenvalue weighted by Gasteiger charge is 2.36. The molecular weight excluding hydrogens is 536 g/mol. The second-order valence-electron chi connectivity index (χ2n) is 10.6. The summed E-state index contributed by atoms with van der Waals surface area (Å²) in [6.45, 7) is 8.86. The van der Waals surface area contributed by atoms with Gasteiger partial charge in [0.2, 0.25) is 5.96 Å². The number of nitrogens with two attached hydrogens (primary N) is 1. The second-order valence-corrected chi connectivity index (χ2v) is 12.4. The number of rotatable bonds is 10. The number of carboxylic acids is 1. The third-order valence-corrected chi connectivity index (χ3v) is 9.21. The zero-order chi connectivity index (χ0) is 29.8. The molecule has 40 heavy (non-hydrogen) atoms. The lowest BCUT2D eigenvalue weighted by molar-refractivity contribution is -0.308. The Labute approximate surface area is 235 Å². The highest BCUT2D eigenvalue weighted by molar-refractivity contribution is 7.89. The molecule has 2 aromatic carbocycles. The van der Waals surface area contributed by atoms with Crippen molar-refractivity contribution in [3.05, 3.63) is 58.1 Å². The molecule has 0 radical (unpaired) electrons. The van der Waals surface area contributed by atoms with Gasteiger partial charge in [-0.15, -0.1) is 0 Å². The first-order valence-corrected chi connectivity index (χ1v) is 14.5. The number of guanidine groups is 1. The zero-order valence-corrected chi connectivity index (χ0v) is 24.3. The van der Waals surface area contributed by atoms with Gasteiger partial charge in [-0.3, -0.25) is 5.41 Å². The lowest BCUT2D eigenvalue weighted by Gasteiger charge is -2.36. The van der Waals surface area contributed by atoms with E-state index < -0.39 is 34.1 Å². The highest BCUT2D eigenvalue weighted by Crippen LogP contribution is 2.42. The van der Waals surface area contributed by atoms with Crippen LogP contribution in [0.25, 0.3) is 0 Å². The van der Waals surface area contributed by atoms with Gasteiger partial charge in [0.25, 0.3) is 10.0 Å². The maximum atomic E-state index is 13.8. The molecule has 0 aliphatic carbocycles. The first-order chi connectivity index (χ1) is 18.7. The lowest BCUT2D eigenvalue weighted by atomic mass is 9.88. The standard InChI is InChI=1S/C28H38N4O7S/c1-17-18(2)24(19(3)21-13-14-28(4,5)39-23(17)21)40(36,37)32(26(29)30)15-9-12-22(25(33)34)31-27(35)38-16-20-10-7-6-8-11-20/h6-8,10-11,22H,9,12-16H2,1-5H3,(H3,29,30)(H,31,35)(H,33,34)/p-1/t22-/m0/s1. The van der Waals surface area contributed by atoms with Crippen LogP contribution in [0.5, 0.6) is 5.75 Å². The number of nitrogens with one attached hydrogen (secondary N) is 2. The van der Waals surface area contributed by atoms with Gasteiger partial charge in [0.15, 0.2) is 0 Å². The fourth-order valence-corrected chi connectivity index (χ4v) is 6.71. The van der Waals surface area contributed by atoms with Crippen LogP contribution in [0.4, 0.5) is 4.79 Å². The van der Waals surface area contributed by atoms with Crippen molar-refractivity contribution in [2.24, 2.45) is 5.73 Å². The summed E-state index contributed by atoms with van der Waals surface area (Å²) >= 11 is 0. The minimum atomic E-state index is -4.27. The number of benzene rings is 2. The van der Waals surface area contributed by atoms with E-state index in [9.17, 15) is 23.1 Å². The Balaban J connectivity index is 1.75. The molecule has 0 bridgehead atoms. The minimum Gasteiger partial charge on any atom is -0.548 e. The lowest BCUT2D eigenvalue weighted by Crippen LogP contribution is -2.48. The van der Waals surface area contributed by atoms with Crippen LogP contribution >= 0.6 is 0 Å². The maximum Gasteiger partial charge on any atom is 0.407 e. The molecule has 4 N–H and O–H groups in total. The van der Waals surface area contributed by atoms with E-state index in [-0.39, 0.29) is 36.5 Å². The summed E-state index contributed by atoms with van der Waals surface area (Å²) in [5.41, 5.74) is 8.60. The maximum absolute atomic E-state index is 13.8. The number of fused-ring (bicyclic) bond motifs is 1. The average Bonchev–Trinajstić information content (AvgIpc) is 2.87. The molecule has 0 fully saturated rings. The van der Waals surface area contributed by atoms with Crippen molar-refractivity contribution in [1.29, 1.82) is 5.41 Å². The number of alkyl carbamates (subject to hydrolysis) is 1. The topological polar surface area (TPSA) is 175 Å². The van der Waals surface area contributed by atoms with Crippen LogP contribution in [0.1, 0.15) is 60.9 Å². The number of hydrogen-bond acceptors (Lipinski definition) is 8. The highest BCUT2D eigenvalue weighted by atomic mass is 32.2. The van der Waals surface area contributed by atoms with E-state index in [1.807, 2.05) is 19.9 Å². The summed E-state index contributed by atoms with van der Waals surface area (Å²) in [7, 11) is -4.27. The van der Waals surface area contributed by atoms with E-state index in [1.54, 1.807) is 45.0 Å². The Morgan fingerprint density at radius 2 is 1.82 bits per heavy atom. The summed E-state index contributed by atoms with van der Waals surface area (Å²) in [6.07, 6.45) is 0.194. The van der Waals surface area contributed by atoms with E-state index >= 15 is 0 Å². The predicted octanol–water partition coefficient (Wildman–Crippen LogP) is 2.42. The van der Waals surface area contributed by atoms with Gasteiger partial charge in [0.05, 0.1) is 16.9 Å². The van der Waals surface area contributed by atoms with Crippen LogP contribution < -0.4 is 20.9 Å². The summed E-state index contributed by atoms with van der Waals surface area (Å²) < 4.78 is 39.7. The number of carbonyl (C=O) groups excluding carboxylic acids is 2. The SMILES string of the molecule is Cc1c(C)c(S(=O)(=O)N(CCC[C@H](NC(=O)OCc2ccccc2)C(=O)[O-])C(=N)N)c(C)c2c1OC(C)(C)CC2. The smallest absolute Gasteiger partial charge is 0.407 e. The molecule has 1 aliphatic rings. The predicted molar refractivity (Wildman–Crippen MR) is 147 cm³/mol. The molecule has 2 aromatic rings. The minimum absolute atomic E-state index is 0.0320. The average molecular weight is 574 g/mol. The van der Waals surface area contributed by atoms with Gasteiger partial charge in [-0.1, -0.05) is 30.3 Å². The fraction of sp³-hybridized carbons (Fsp3) is 0.464. The van der Waals surface area contributed by atoms with Crippen molar-refractivity contribution in [3.8, 4) is 5.75 Å². The molecule has 12 heteroatoms. The summed E-state index contributed by atoms with van der Waals surface area (Å²) in [6, 6.07) is 7.43. The number of aliphatic carboxylic acids is 1. The second kappa shape index (κ2) is 12.2. The zero-order valence-electron chi connectivity index (χ0n) is 23.5. The van der Waals surface area contributed by atoms with Gasteiger partial charge in [-0.05, 0) is 88.1 Å². The summed E-state index contributed by atoms with van der Waals surface area (Å²) in [5.74, 6) is -1.57. The molecular formula is C28H37N4O7S-. The molecule has 1 atom stereocenters. The largest absolute Gasteiger partial charge is 0.548 e. The summed E-state index contributed by atoms with van der Waals surface area (Å²) in [5, 5.41) is 21.9. The first kappa shape index (κ1) is 30.7. The quantitative estimate of drug-likeness (QED) is 0.287. The van der Waals surface area contributed by atoms with E-state index in [2.05, 4.69) is 5.32 Å². The van der Waals surface area contributed by atoms with Gasteiger partial charge < -0.3 is 30.4 Å². The number of hydrogen-bond donors (Lipinski definition) is 3. The van der Waals surface area contributed by atoms with Crippen molar-refractivity contribution >= 4 is 28.0 Å². The van der Waals surface area contributed by atoms with E-state index in [0.717, 1.165) is 15.4 Å². The van der Waals surface area contributed by atoms with Crippen molar-refractivity contribution in [3.63, 3.8) is 0 Å². The number of carboxylic acid groups (broad SMARTS) is 1. The van der Waals surface area contributed by atoms with Crippen LogP contribution in [-0.4, -0.2) is 48.9 Å². The van der Waals surface area contributed by atoms with Crippen LogP contribution in [0.15, 0.2) is 35.2 Å². The molecule has 0 spiro atoms. The van der Waals surface area contributed by atoms with Crippen molar-refractivity contribution in [1.82, 2.24) is 9.62 Å². The first-order valence-electron chi connectivity index (χ1n) is 13.0. The Hall–Kier alpha value is -3.80. The van der Waals surface area contributed by atoms with Gasteiger partial charge in [-0.2, -0.15) is 0 Å². The molecule has 0 aromatic heterocycles. The van der Waals surface area contributed by atoms with E-state index in [4.69, 9.17) is 20.6 Å². The number of ether oxygens (including phenoxy) is 2. The molecule has 0 saturated heterocycles. The monoisotopic (exact) mass is 573 g/mol. The molecule has 218 valence electrons. The molecule has 0 saturated carbocycles. The normalized spacial score (nSPS) is 14.8. The van der Waals surface area contributed by atoms with E-state index in [1.165, 1.54) is 0 Å². The molecule has 1 heterocycles. The third-order valence-electron chi connectivity index (χ3n) is 7.13. The Kier molecular flexibility index (Phi) is 9.34. The third kappa shape index (κ3) is 6.85. The Morgan fingerprint density at radius 3 is 2.42 bits per heavy atom. The fourth-order valence-electron chi connectivity index (χ4n) is 4.81. The van der Waals surface area contributed by atoms with Gasteiger partial charge >= 0.3 is 6.09 Å². The molecule has 11 nitrogen and oxygen atoms in total. The van der Waals surface area contributed by atoms with Crippen LogP contribution in [-0.2, 0) is 32.6 Å². The molecule has 1 amide bonds. The molecule has 1 aliphatic heterocycles. The van der Waals surface area contributed by atoms with Crippen molar-refractivity contribution < 1.29 is 32.6 Å². The molecule has 3 rings (SSSR count). The van der Waals surface area contributed by atoms with Crippen LogP contribution in [0.2, 0.25) is 0 Å².